The molecule has 0 atom stereocenters. The lowest BCUT2D eigenvalue weighted by Gasteiger charge is -2.04. The van der Waals surface area contributed by atoms with Crippen molar-refractivity contribution in [3.8, 4) is 0 Å². The van der Waals surface area contributed by atoms with Crippen molar-refractivity contribution in [3.05, 3.63) is 70.8 Å². The number of nitrogens with one attached hydrogen (secondary N) is 1. The van der Waals surface area contributed by atoms with Crippen molar-refractivity contribution < 1.29 is 4.79 Å². The zero-order chi connectivity index (χ0) is 15.9. The molecule has 114 valence electrons. The summed E-state index contributed by atoms with van der Waals surface area (Å²) in [5.41, 5.74) is 7.92. The zero-order valence-electron chi connectivity index (χ0n) is 13.4. The van der Waals surface area contributed by atoms with E-state index in [1.54, 1.807) is 0 Å². The molecular weight excluding hydrogens is 272 g/mol. The van der Waals surface area contributed by atoms with Crippen molar-refractivity contribution in [1.29, 1.82) is 0 Å². The minimum atomic E-state index is -0.103. The summed E-state index contributed by atoms with van der Waals surface area (Å²) in [5.74, 6) is -0.103. The van der Waals surface area contributed by atoms with Crippen molar-refractivity contribution in [1.82, 2.24) is 5.43 Å². The maximum Gasteiger partial charge on any atom is 0.244 e. The number of carbonyl (C=O) groups excluding carboxylic acids is 1. The van der Waals surface area contributed by atoms with E-state index in [-0.39, 0.29) is 5.91 Å². The second-order valence-electron chi connectivity index (χ2n) is 5.45. The van der Waals surface area contributed by atoms with Crippen molar-refractivity contribution in [2.45, 2.75) is 33.6 Å². The molecule has 0 radical (unpaired) electrons. The van der Waals surface area contributed by atoms with Crippen LogP contribution in [0.15, 0.2) is 53.6 Å². The number of hydrogen-bond acceptors (Lipinski definition) is 2. The zero-order valence-corrected chi connectivity index (χ0v) is 13.4. The number of aryl methyl sites for hydroxylation is 2. The molecule has 0 aliphatic heterocycles. The van der Waals surface area contributed by atoms with Gasteiger partial charge in [0.2, 0.25) is 5.91 Å². The quantitative estimate of drug-likeness (QED) is 0.664. The standard InChI is InChI=1S/C19H22N2O/c1-4-16-9-11-18(12-10-16)15(3)20-21-19(22)13-17-7-5-14(2)6-8-17/h5-12H,4,13H2,1-3H3,(H,21,22)/b20-15+. The molecular formula is C19H22N2O. The van der Waals surface area contributed by atoms with Crippen LogP contribution in [0.2, 0.25) is 0 Å². The summed E-state index contributed by atoms with van der Waals surface area (Å²) < 4.78 is 0. The van der Waals surface area contributed by atoms with Gasteiger partial charge < -0.3 is 0 Å². The molecule has 0 heterocycles. The van der Waals surface area contributed by atoms with Crippen LogP contribution >= 0.6 is 0 Å². The minimum Gasteiger partial charge on any atom is -0.273 e. The Labute approximate surface area is 132 Å². The third-order valence-electron chi connectivity index (χ3n) is 3.61. The van der Waals surface area contributed by atoms with Gasteiger partial charge in [0.25, 0.3) is 0 Å². The summed E-state index contributed by atoms with van der Waals surface area (Å²) in [6.07, 6.45) is 1.36. The molecule has 0 spiro atoms. The first-order chi connectivity index (χ1) is 10.6. The molecule has 0 saturated heterocycles. The van der Waals surface area contributed by atoms with Gasteiger partial charge in [-0.25, -0.2) is 5.43 Å². The highest BCUT2D eigenvalue weighted by molar-refractivity contribution is 5.99. The van der Waals surface area contributed by atoms with Gasteiger partial charge in [-0.15, -0.1) is 0 Å². The first kappa shape index (κ1) is 16.0. The van der Waals surface area contributed by atoms with Gasteiger partial charge in [-0.1, -0.05) is 61.0 Å². The number of rotatable bonds is 5. The van der Waals surface area contributed by atoms with E-state index in [1.165, 1.54) is 11.1 Å². The fourth-order valence-corrected chi connectivity index (χ4v) is 2.12. The second kappa shape index (κ2) is 7.55. The van der Waals surface area contributed by atoms with Crippen LogP contribution in [-0.4, -0.2) is 11.6 Å². The van der Waals surface area contributed by atoms with Crippen LogP contribution in [0.1, 0.15) is 36.1 Å². The van der Waals surface area contributed by atoms with E-state index in [2.05, 4.69) is 29.6 Å². The maximum atomic E-state index is 11.9. The molecule has 3 heteroatoms. The third-order valence-corrected chi connectivity index (χ3v) is 3.61. The summed E-state index contributed by atoms with van der Waals surface area (Å²) in [5, 5.41) is 4.18. The molecule has 22 heavy (non-hydrogen) atoms. The summed E-state index contributed by atoms with van der Waals surface area (Å²) in [6.45, 7) is 6.05. The second-order valence-corrected chi connectivity index (χ2v) is 5.45. The first-order valence-electron chi connectivity index (χ1n) is 7.56. The van der Waals surface area contributed by atoms with Crippen molar-refractivity contribution in [2.75, 3.05) is 0 Å². The normalized spacial score (nSPS) is 11.3. The van der Waals surface area contributed by atoms with E-state index in [0.717, 1.165) is 23.3 Å². The number of amides is 1. The van der Waals surface area contributed by atoms with E-state index < -0.39 is 0 Å². The summed E-state index contributed by atoms with van der Waals surface area (Å²) >= 11 is 0. The van der Waals surface area contributed by atoms with Gasteiger partial charge >= 0.3 is 0 Å². The Morgan fingerprint density at radius 1 is 1.00 bits per heavy atom. The maximum absolute atomic E-state index is 11.9. The van der Waals surface area contributed by atoms with Crippen molar-refractivity contribution >= 4 is 11.6 Å². The number of benzene rings is 2. The van der Waals surface area contributed by atoms with Crippen LogP contribution in [0, 0.1) is 6.92 Å². The van der Waals surface area contributed by atoms with Crippen molar-refractivity contribution in [2.24, 2.45) is 5.10 Å². The van der Waals surface area contributed by atoms with E-state index in [0.29, 0.717) is 6.42 Å². The topological polar surface area (TPSA) is 41.5 Å². The number of hydrogen-bond donors (Lipinski definition) is 1. The molecule has 3 nitrogen and oxygen atoms in total. The van der Waals surface area contributed by atoms with Crippen LogP contribution < -0.4 is 5.43 Å². The Morgan fingerprint density at radius 2 is 1.59 bits per heavy atom. The van der Waals surface area contributed by atoms with Gasteiger partial charge in [0.1, 0.15) is 0 Å². The van der Waals surface area contributed by atoms with Gasteiger partial charge in [-0.05, 0) is 37.0 Å². The Balaban J connectivity index is 1.94. The lowest BCUT2D eigenvalue weighted by atomic mass is 10.1. The van der Waals surface area contributed by atoms with Gasteiger partial charge in [0.05, 0.1) is 12.1 Å². The Kier molecular flexibility index (Phi) is 5.48. The molecule has 2 aromatic carbocycles. The van der Waals surface area contributed by atoms with Crippen LogP contribution in [0.5, 0.6) is 0 Å². The van der Waals surface area contributed by atoms with Crippen LogP contribution in [-0.2, 0) is 17.6 Å². The molecule has 0 aliphatic rings. The Hall–Kier alpha value is -2.42. The van der Waals surface area contributed by atoms with Gasteiger partial charge in [0.15, 0.2) is 0 Å². The SMILES string of the molecule is CCc1ccc(/C(C)=N/NC(=O)Cc2ccc(C)cc2)cc1. The molecule has 2 rings (SSSR count). The molecule has 0 aromatic heterocycles. The number of carbonyl (C=O) groups is 1. The molecule has 0 saturated carbocycles. The highest BCUT2D eigenvalue weighted by atomic mass is 16.2. The molecule has 1 amide bonds. The predicted octanol–water partition coefficient (Wildman–Crippen LogP) is 3.64. The average molecular weight is 294 g/mol. The first-order valence-corrected chi connectivity index (χ1v) is 7.56. The third kappa shape index (κ3) is 4.55. The number of nitrogens with zero attached hydrogens (tertiary/aromatic N) is 1. The van der Waals surface area contributed by atoms with E-state index >= 15 is 0 Å². The van der Waals surface area contributed by atoms with E-state index in [4.69, 9.17) is 0 Å². The summed E-state index contributed by atoms with van der Waals surface area (Å²) in [7, 11) is 0. The molecule has 1 N–H and O–H groups in total. The molecule has 0 unspecified atom stereocenters. The van der Waals surface area contributed by atoms with E-state index in [9.17, 15) is 4.79 Å². The predicted molar refractivity (Wildman–Crippen MR) is 91.1 cm³/mol. The molecule has 0 fully saturated rings. The summed E-state index contributed by atoms with van der Waals surface area (Å²) in [4.78, 5) is 11.9. The summed E-state index contributed by atoms with van der Waals surface area (Å²) in [6, 6.07) is 16.2. The van der Waals surface area contributed by atoms with Gasteiger partial charge in [-0.2, -0.15) is 5.10 Å². The van der Waals surface area contributed by atoms with Gasteiger partial charge in [-0.3, -0.25) is 4.79 Å². The lowest BCUT2D eigenvalue weighted by Crippen LogP contribution is -2.21. The molecule has 0 bridgehead atoms. The minimum absolute atomic E-state index is 0.103. The van der Waals surface area contributed by atoms with Crippen LogP contribution in [0.3, 0.4) is 0 Å². The Morgan fingerprint density at radius 3 is 2.18 bits per heavy atom. The molecule has 2 aromatic rings. The largest absolute Gasteiger partial charge is 0.273 e. The fourth-order valence-electron chi connectivity index (χ4n) is 2.12. The Bertz CT molecular complexity index is 655. The molecule has 0 aliphatic carbocycles. The average Bonchev–Trinajstić information content (AvgIpc) is 2.55. The fraction of sp³-hybridized carbons (Fsp3) is 0.263. The van der Waals surface area contributed by atoms with Gasteiger partial charge in [0, 0.05) is 0 Å². The lowest BCUT2D eigenvalue weighted by molar-refractivity contribution is -0.120. The smallest absolute Gasteiger partial charge is 0.244 e. The highest BCUT2D eigenvalue weighted by Crippen LogP contribution is 2.06. The van der Waals surface area contributed by atoms with Crippen LogP contribution in [0.25, 0.3) is 0 Å². The van der Waals surface area contributed by atoms with Crippen LogP contribution in [0.4, 0.5) is 0 Å². The van der Waals surface area contributed by atoms with Crippen molar-refractivity contribution in [3.63, 3.8) is 0 Å². The van der Waals surface area contributed by atoms with E-state index in [1.807, 2.05) is 50.2 Å². The number of hydrazone groups is 1. The monoisotopic (exact) mass is 294 g/mol. The highest BCUT2D eigenvalue weighted by Gasteiger charge is 2.03.